The second-order valence-electron chi connectivity index (χ2n) is 7.34. The molecule has 1 aromatic heterocycles. The predicted molar refractivity (Wildman–Crippen MR) is 94.0 cm³/mol. The summed E-state index contributed by atoms with van der Waals surface area (Å²) in [5.74, 6) is 0.168. The smallest absolute Gasteiger partial charge is 0.222 e. The molecule has 0 radical (unpaired) electrons. The summed E-state index contributed by atoms with van der Waals surface area (Å²) in [4.78, 5) is 18.2. The highest BCUT2D eigenvalue weighted by Crippen LogP contribution is 2.68. The number of carbonyl (C=O) groups is 1. The van der Waals surface area contributed by atoms with Crippen LogP contribution in [0.2, 0.25) is 0 Å². The minimum absolute atomic E-state index is 0.00727. The fourth-order valence-electron chi connectivity index (χ4n) is 4.66. The molecule has 7 heteroatoms. The van der Waals surface area contributed by atoms with Gasteiger partial charge in [0.05, 0.1) is 6.10 Å². The van der Waals surface area contributed by atoms with Crippen LogP contribution < -0.4 is 0 Å². The van der Waals surface area contributed by atoms with Crippen molar-refractivity contribution >= 4 is 5.91 Å². The van der Waals surface area contributed by atoms with Crippen LogP contribution in [0.1, 0.15) is 24.3 Å². The minimum atomic E-state index is -0.593. The standard InChI is InChI=1S/C19H24N4O3/c24-10-15-18(14-5-2-1-3-6-14)19(15)11-22(9-16(19)25)17(26)7-4-8-23-13-20-12-21-23/h1-3,5-6,12-13,15-16,18,24-25H,4,7-11H2/t15-,16-,18-,19-/m1/s1. The van der Waals surface area contributed by atoms with Crippen LogP contribution in [0.4, 0.5) is 0 Å². The molecule has 1 saturated heterocycles. The quantitative estimate of drug-likeness (QED) is 0.793. The zero-order chi connectivity index (χ0) is 18.1. The van der Waals surface area contributed by atoms with Crippen LogP contribution in [0, 0.1) is 11.3 Å². The fourth-order valence-corrected chi connectivity index (χ4v) is 4.66. The van der Waals surface area contributed by atoms with Crippen molar-refractivity contribution in [3.8, 4) is 0 Å². The van der Waals surface area contributed by atoms with E-state index in [1.54, 1.807) is 15.9 Å². The molecular weight excluding hydrogens is 332 g/mol. The Morgan fingerprint density at radius 1 is 1.31 bits per heavy atom. The Morgan fingerprint density at radius 3 is 2.81 bits per heavy atom. The van der Waals surface area contributed by atoms with Crippen LogP contribution in [-0.2, 0) is 11.3 Å². The van der Waals surface area contributed by atoms with Crippen LogP contribution in [0.15, 0.2) is 43.0 Å². The second kappa shape index (κ2) is 6.81. The number of aryl methyl sites for hydroxylation is 1. The van der Waals surface area contributed by atoms with Gasteiger partial charge in [0.2, 0.25) is 5.91 Å². The molecule has 4 rings (SSSR count). The van der Waals surface area contributed by atoms with E-state index in [0.717, 1.165) is 5.56 Å². The number of likely N-dealkylation sites (tertiary alicyclic amines) is 1. The molecule has 0 bridgehead atoms. The van der Waals surface area contributed by atoms with E-state index < -0.39 is 11.5 Å². The van der Waals surface area contributed by atoms with Crippen molar-refractivity contribution in [2.75, 3.05) is 19.7 Å². The Kier molecular flexibility index (Phi) is 4.50. The molecule has 2 heterocycles. The molecule has 26 heavy (non-hydrogen) atoms. The Labute approximate surface area is 152 Å². The van der Waals surface area contributed by atoms with Crippen molar-refractivity contribution in [3.63, 3.8) is 0 Å². The number of β-amino-alcohol motifs (C(OH)–C–C–N with tert-alkyl or cyclic N) is 1. The first-order valence-corrected chi connectivity index (χ1v) is 9.11. The van der Waals surface area contributed by atoms with Crippen molar-refractivity contribution in [1.29, 1.82) is 0 Å². The zero-order valence-corrected chi connectivity index (χ0v) is 14.6. The average Bonchev–Trinajstić information content (AvgIpc) is 2.94. The maximum absolute atomic E-state index is 12.6. The molecule has 1 aromatic carbocycles. The van der Waals surface area contributed by atoms with Crippen LogP contribution in [0.3, 0.4) is 0 Å². The van der Waals surface area contributed by atoms with Gasteiger partial charge in [-0.25, -0.2) is 4.98 Å². The van der Waals surface area contributed by atoms with Gasteiger partial charge in [-0.1, -0.05) is 30.3 Å². The Bertz CT molecular complexity index is 751. The molecule has 2 N–H and O–H groups in total. The Hall–Kier alpha value is -2.25. The third kappa shape index (κ3) is 2.81. The van der Waals surface area contributed by atoms with E-state index in [9.17, 15) is 15.0 Å². The van der Waals surface area contributed by atoms with Crippen molar-refractivity contribution < 1.29 is 15.0 Å². The molecule has 1 saturated carbocycles. The molecule has 7 nitrogen and oxygen atoms in total. The van der Waals surface area contributed by atoms with Gasteiger partial charge in [0.25, 0.3) is 0 Å². The largest absolute Gasteiger partial charge is 0.396 e. The number of carbonyl (C=O) groups excluding carboxylic acids is 1. The number of rotatable bonds is 6. The lowest BCUT2D eigenvalue weighted by Gasteiger charge is -2.17. The highest BCUT2D eigenvalue weighted by molar-refractivity contribution is 5.77. The highest BCUT2D eigenvalue weighted by atomic mass is 16.3. The van der Waals surface area contributed by atoms with Crippen molar-refractivity contribution in [2.45, 2.75) is 31.4 Å². The van der Waals surface area contributed by atoms with Crippen molar-refractivity contribution in [2.24, 2.45) is 11.3 Å². The lowest BCUT2D eigenvalue weighted by atomic mass is 9.95. The van der Waals surface area contributed by atoms with E-state index in [4.69, 9.17) is 0 Å². The van der Waals surface area contributed by atoms with Crippen LogP contribution in [0.25, 0.3) is 0 Å². The predicted octanol–water partition coefficient (Wildman–Crippen LogP) is 0.654. The van der Waals surface area contributed by atoms with E-state index in [-0.39, 0.29) is 24.3 Å². The van der Waals surface area contributed by atoms with E-state index in [1.807, 2.05) is 30.3 Å². The summed E-state index contributed by atoms with van der Waals surface area (Å²) in [5.41, 5.74) is 0.726. The highest BCUT2D eigenvalue weighted by Gasteiger charge is 2.71. The van der Waals surface area contributed by atoms with Gasteiger partial charge >= 0.3 is 0 Å². The normalized spacial score (nSPS) is 30.1. The molecule has 2 fully saturated rings. The van der Waals surface area contributed by atoms with E-state index in [1.165, 1.54) is 6.33 Å². The molecule has 0 unspecified atom stereocenters. The van der Waals surface area contributed by atoms with Gasteiger partial charge < -0.3 is 15.1 Å². The van der Waals surface area contributed by atoms with E-state index >= 15 is 0 Å². The lowest BCUT2D eigenvalue weighted by molar-refractivity contribution is -0.130. The SMILES string of the molecule is O=C(CCCn1cncn1)N1C[C@@H](O)[C@@]2(C1)[C@H](CO)[C@H]2c1ccccc1. The number of benzene rings is 1. The Balaban J connectivity index is 1.40. The van der Waals surface area contributed by atoms with Crippen LogP contribution in [0.5, 0.6) is 0 Å². The minimum Gasteiger partial charge on any atom is -0.396 e. The molecule has 1 aliphatic heterocycles. The maximum Gasteiger partial charge on any atom is 0.222 e. The lowest BCUT2D eigenvalue weighted by Crippen LogP contribution is -2.29. The van der Waals surface area contributed by atoms with Gasteiger partial charge in [-0.3, -0.25) is 9.48 Å². The number of aromatic nitrogens is 3. The summed E-state index contributed by atoms with van der Waals surface area (Å²) >= 11 is 0. The Morgan fingerprint density at radius 2 is 2.12 bits per heavy atom. The monoisotopic (exact) mass is 356 g/mol. The molecule has 1 aliphatic carbocycles. The molecule has 2 aliphatic rings. The summed E-state index contributed by atoms with van der Waals surface area (Å²) < 4.78 is 1.71. The first-order chi connectivity index (χ1) is 12.7. The summed E-state index contributed by atoms with van der Waals surface area (Å²) in [6.45, 7) is 1.55. The van der Waals surface area contributed by atoms with Gasteiger partial charge in [0.1, 0.15) is 12.7 Å². The fraction of sp³-hybridized carbons (Fsp3) is 0.526. The molecular formula is C19H24N4O3. The number of aliphatic hydroxyl groups is 2. The van der Waals surface area contributed by atoms with Crippen LogP contribution >= 0.6 is 0 Å². The summed E-state index contributed by atoms with van der Waals surface area (Å²) in [5, 5.41) is 24.6. The molecule has 2 aromatic rings. The van der Waals surface area contributed by atoms with Gasteiger partial charge in [-0.15, -0.1) is 0 Å². The number of nitrogens with zero attached hydrogens (tertiary/aromatic N) is 4. The van der Waals surface area contributed by atoms with Crippen molar-refractivity contribution in [1.82, 2.24) is 19.7 Å². The molecule has 138 valence electrons. The van der Waals surface area contributed by atoms with E-state index in [0.29, 0.717) is 32.5 Å². The van der Waals surface area contributed by atoms with Crippen LogP contribution in [-0.4, -0.2) is 61.6 Å². The third-order valence-corrected chi connectivity index (χ3v) is 5.99. The first kappa shape index (κ1) is 17.2. The maximum atomic E-state index is 12.6. The van der Waals surface area contributed by atoms with Gasteiger partial charge in [0.15, 0.2) is 0 Å². The average molecular weight is 356 g/mol. The van der Waals surface area contributed by atoms with Gasteiger partial charge in [0, 0.05) is 38.1 Å². The number of hydrogen-bond acceptors (Lipinski definition) is 5. The molecule has 1 amide bonds. The summed E-state index contributed by atoms with van der Waals surface area (Å²) in [7, 11) is 0. The van der Waals surface area contributed by atoms with Gasteiger partial charge in [-0.05, 0) is 23.8 Å². The van der Waals surface area contributed by atoms with Gasteiger partial charge in [-0.2, -0.15) is 5.10 Å². The van der Waals surface area contributed by atoms with Crippen molar-refractivity contribution in [3.05, 3.63) is 48.5 Å². The first-order valence-electron chi connectivity index (χ1n) is 9.11. The second-order valence-corrected chi connectivity index (χ2v) is 7.34. The molecule has 4 atom stereocenters. The zero-order valence-electron chi connectivity index (χ0n) is 14.6. The van der Waals surface area contributed by atoms with E-state index in [2.05, 4.69) is 10.1 Å². The molecule has 1 spiro atoms. The number of amides is 1. The third-order valence-electron chi connectivity index (χ3n) is 5.99. The number of hydrogen-bond donors (Lipinski definition) is 2. The number of aliphatic hydroxyl groups excluding tert-OH is 2. The topological polar surface area (TPSA) is 91.5 Å². The summed E-state index contributed by atoms with van der Waals surface area (Å²) in [6, 6.07) is 9.99. The summed E-state index contributed by atoms with van der Waals surface area (Å²) in [6.07, 6.45) is 3.63.